The highest BCUT2D eigenvalue weighted by Crippen LogP contribution is 2.24. The molecule has 2 amide bonds. The maximum Gasteiger partial charge on any atom is 0.257 e. The van der Waals surface area contributed by atoms with Gasteiger partial charge in [0.05, 0.1) is 11.7 Å². The van der Waals surface area contributed by atoms with Crippen molar-refractivity contribution in [2.45, 2.75) is 18.6 Å². The van der Waals surface area contributed by atoms with E-state index in [4.69, 9.17) is 14.9 Å². The van der Waals surface area contributed by atoms with Gasteiger partial charge < -0.3 is 19.8 Å². The standard InChI is InChI=1S/C11H13BrN2O4/c1-17-7-3-8(10(13)15)14(4-7)11(16)6-2-9(12)18-5-6/h2,5,7-8H,3-4H2,1H3,(H2,13,15)/t7-,8-/m0/s1. The van der Waals surface area contributed by atoms with E-state index in [0.717, 1.165) is 0 Å². The minimum atomic E-state index is -0.629. The zero-order valence-corrected chi connectivity index (χ0v) is 11.3. The fourth-order valence-electron chi connectivity index (χ4n) is 2.05. The molecule has 1 saturated heterocycles. The maximum atomic E-state index is 12.2. The molecule has 1 aromatic heterocycles. The molecule has 1 aliphatic heterocycles. The molecule has 7 heteroatoms. The molecule has 18 heavy (non-hydrogen) atoms. The molecular formula is C11H13BrN2O4. The highest BCUT2D eigenvalue weighted by molar-refractivity contribution is 9.10. The predicted molar refractivity (Wildman–Crippen MR) is 65.8 cm³/mol. The Kier molecular flexibility index (Phi) is 3.72. The smallest absolute Gasteiger partial charge is 0.257 e. The molecule has 0 bridgehead atoms. The number of ether oxygens (including phenoxy) is 1. The number of likely N-dealkylation sites (tertiary alicyclic amines) is 1. The summed E-state index contributed by atoms with van der Waals surface area (Å²) in [6.07, 6.45) is 1.60. The normalized spacial score (nSPS) is 23.3. The van der Waals surface area contributed by atoms with Crippen LogP contribution in [0.5, 0.6) is 0 Å². The molecule has 0 saturated carbocycles. The first kappa shape index (κ1) is 13.1. The van der Waals surface area contributed by atoms with Gasteiger partial charge in [-0.25, -0.2) is 0 Å². The monoisotopic (exact) mass is 316 g/mol. The molecular weight excluding hydrogens is 304 g/mol. The second-order valence-corrected chi connectivity index (χ2v) is 4.89. The van der Waals surface area contributed by atoms with Crippen molar-refractivity contribution in [1.82, 2.24) is 4.90 Å². The highest BCUT2D eigenvalue weighted by atomic mass is 79.9. The van der Waals surface area contributed by atoms with E-state index in [1.54, 1.807) is 13.2 Å². The van der Waals surface area contributed by atoms with Crippen molar-refractivity contribution in [2.75, 3.05) is 13.7 Å². The van der Waals surface area contributed by atoms with Crippen molar-refractivity contribution in [2.24, 2.45) is 5.73 Å². The molecule has 0 unspecified atom stereocenters. The number of halogens is 1. The fraction of sp³-hybridized carbons (Fsp3) is 0.455. The number of carbonyl (C=O) groups is 2. The molecule has 2 rings (SSSR count). The van der Waals surface area contributed by atoms with Crippen molar-refractivity contribution < 1.29 is 18.7 Å². The van der Waals surface area contributed by atoms with E-state index in [1.807, 2.05) is 0 Å². The molecule has 0 aliphatic carbocycles. The summed E-state index contributed by atoms with van der Waals surface area (Å²) in [4.78, 5) is 25.0. The quantitative estimate of drug-likeness (QED) is 0.892. The third-order valence-corrected chi connectivity index (χ3v) is 3.42. The summed E-state index contributed by atoms with van der Waals surface area (Å²) in [6.45, 7) is 0.353. The number of furan rings is 1. The number of nitrogens with two attached hydrogens (primary N) is 1. The number of hydrogen-bond donors (Lipinski definition) is 1. The van der Waals surface area contributed by atoms with Crippen molar-refractivity contribution in [3.8, 4) is 0 Å². The first-order valence-corrected chi connectivity index (χ1v) is 6.19. The van der Waals surface area contributed by atoms with Crippen molar-refractivity contribution >= 4 is 27.7 Å². The Morgan fingerprint density at radius 1 is 1.61 bits per heavy atom. The van der Waals surface area contributed by atoms with Gasteiger partial charge in [-0.15, -0.1) is 0 Å². The van der Waals surface area contributed by atoms with Gasteiger partial charge in [-0.1, -0.05) is 0 Å². The van der Waals surface area contributed by atoms with Crippen LogP contribution in [-0.2, 0) is 9.53 Å². The van der Waals surface area contributed by atoms with Gasteiger partial charge in [-0.2, -0.15) is 0 Å². The lowest BCUT2D eigenvalue weighted by Gasteiger charge is -2.20. The van der Waals surface area contributed by atoms with E-state index in [1.165, 1.54) is 11.2 Å². The van der Waals surface area contributed by atoms with Crippen LogP contribution in [0.15, 0.2) is 21.4 Å². The number of hydrogen-bond acceptors (Lipinski definition) is 4. The number of amides is 2. The molecule has 1 aliphatic rings. The summed E-state index contributed by atoms with van der Waals surface area (Å²) in [7, 11) is 1.55. The Labute approximate surface area is 112 Å². The molecule has 0 aromatic carbocycles. The second-order valence-electron chi connectivity index (χ2n) is 4.11. The van der Waals surface area contributed by atoms with Crippen LogP contribution in [0.25, 0.3) is 0 Å². The van der Waals surface area contributed by atoms with Gasteiger partial charge in [0.1, 0.15) is 12.3 Å². The van der Waals surface area contributed by atoms with Crippen LogP contribution in [0, 0.1) is 0 Å². The van der Waals surface area contributed by atoms with Gasteiger partial charge >= 0.3 is 0 Å². The number of nitrogens with zero attached hydrogens (tertiary/aromatic N) is 1. The third kappa shape index (κ3) is 2.41. The largest absolute Gasteiger partial charge is 0.457 e. The zero-order valence-electron chi connectivity index (χ0n) is 9.76. The minimum absolute atomic E-state index is 0.165. The Bertz CT molecular complexity index is 473. The van der Waals surface area contributed by atoms with E-state index in [-0.39, 0.29) is 12.0 Å². The first-order valence-electron chi connectivity index (χ1n) is 5.40. The van der Waals surface area contributed by atoms with Crippen LogP contribution in [0.2, 0.25) is 0 Å². The molecule has 98 valence electrons. The molecule has 6 nitrogen and oxygen atoms in total. The van der Waals surface area contributed by atoms with Crippen LogP contribution in [0.4, 0.5) is 0 Å². The lowest BCUT2D eigenvalue weighted by atomic mass is 10.2. The van der Waals surface area contributed by atoms with Crippen LogP contribution in [-0.4, -0.2) is 42.5 Å². The van der Waals surface area contributed by atoms with Crippen molar-refractivity contribution in [3.63, 3.8) is 0 Å². The number of primary amides is 1. The third-order valence-electron chi connectivity index (χ3n) is 3.00. The molecule has 2 atom stereocenters. The highest BCUT2D eigenvalue weighted by Gasteiger charge is 2.39. The molecule has 1 aromatic rings. The van der Waals surface area contributed by atoms with Crippen molar-refractivity contribution in [1.29, 1.82) is 0 Å². The number of carbonyl (C=O) groups excluding carboxylic acids is 2. The summed E-state index contributed by atoms with van der Waals surface area (Å²) in [6, 6.07) is 0.927. The number of methoxy groups -OCH3 is 1. The molecule has 1 fully saturated rings. The zero-order chi connectivity index (χ0) is 13.3. The summed E-state index contributed by atoms with van der Waals surface area (Å²) >= 11 is 3.12. The molecule has 0 radical (unpaired) electrons. The van der Waals surface area contributed by atoms with E-state index in [0.29, 0.717) is 23.2 Å². The lowest BCUT2D eigenvalue weighted by molar-refractivity contribution is -0.121. The Hall–Kier alpha value is -1.34. The molecule has 2 heterocycles. The summed E-state index contributed by atoms with van der Waals surface area (Å²) < 4.78 is 10.7. The van der Waals surface area contributed by atoms with Gasteiger partial charge in [0.2, 0.25) is 5.91 Å². The second kappa shape index (κ2) is 5.11. The van der Waals surface area contributed by atoms with Gasteiger partial charge in [-0.05, 0) is 15.9 Å². The summed E-state index contributed by atoms with van der Waals surface area (Å²) in [5.74, 6) is -0.807. The van der Waals surface area contributed by atoms with E-state index in [9.17, 15) is 9.59 Å². The van der Waals surface area contributed by atoms with Gasteiger partial charge in [-0.3, -0.25) is 9.59 Å². The van der Waals surface area contributed by atoms with Gasteiger partial charge in [0, 0.05) is 26.1 Å². The van der Waals surface area contributed by atoms with Crippen LogP contribution >= 0.6 is 15.9 Å². The average molecular weight is 317 g/mol. The van der Waals surface area contributed by atoms with Crippen molar-refractivity contribution in [3.05, 3.63) is 22.6 Å². The fourth-order valence-corrected chi connectivity index (χ4v) is 2.39. The van der Waals surface area contributed by atoms with E-state index in [2.05, 4.69) is 15.9 Å². The van der Waals surface area contributed by atoms with Gasteiger partial charge in [0.15, 0.2) is 4.67 Å². The lowest BCUT2D eigenvalue weighted by Crippen LogP contribution is -2.43. The van der Waals surface area contributed by atoms with Crippen LogP contribution in [0.3, 0.4) is 0 Å². The Morgan fingerprint density at radius 2 is 2.33 bits per heavy atom. The topological polar surface area (TPSA) is 85.8 Å². The van der Waals surface area contributed by atoms with Crippen LogP contribution in [0.1, 0.15) is 16.8 Å². The molecule has 0 spiro atoms. The molecule has 2 N–H and O–H groups in total. The average Bonchev–Trinajstić information content (AvgIpc) is 2.93. The van der Waals surface area contributed by atoms with Crippen LogP contribution < -0.4 is 5.73 Å². The SMILES string of the molecule is CO[C@H]1C[C@@H](C(N)=O)N(C(=O)c2coc(Br)c2)C1. The van der Waals surface area contributed by atoms with E-state index >= 15 is 0 Å². The minimum Gasteiger partial charge on any atom is -0.457 e. The Morgan fingerprint density at radius 3 is 2.83 bits per heavy atom. The number of rotatable bonds is 3. The Balaban J connectivity index is 2.20. The maximum absolute atomic E-state index is 12.2. The van der Waals surface area contributed by atoms with E-state index < -0.39 is 11.9 Å². The van der Waals surface area contributed by atoms with Gasteiger partial charge in [0.25, 0.3) is 5.91 Å². The first-order chi connectivity index (χ1) is 8.52. The predicted octanol–water partition coefficient (Wildman–Crippen LogP) is 0.757. The summed E-state index contributed by atoms with van der Waals surface area (Å²) in [5.41, 5.74) is 5.68. The summed E-state index contributed by atoms with van der Waals surface area (Å²) in [5, 5.41) is 0.